The SMILES string of the molecule is O=C(NCC1CCCC1)c1cc(Cl)ccn1. The molecular weight excluding hydrogens is 224 g/mol. The normalized spacial score (nSPS) is 16.3. The van der Waals surface area contributed by atoms with Crippen LogP contribution in [0.5, 0.6) is 0 Å². The Bertz CT molecular complexity index is 375. The monoisotopic (exact) mass is 238 g/mol. The fourth-order valence-electron chi connectivity index (χ4n) is 2.07. The van der Waals surface area contributed by atoms with Gasteiger partial charge in [-0.25, -0.2) is 0 Å². The van der Waals surface area contributed by atoms with Gasteiger partial charge in [0.1, 0.15) is 5.69 Å². The molecule has 2 rings (SSSR count). The fourth-order valence-corrected chi connectivity index (χ4v) is 2.23. The molecule has 0 unspecified atom stereocenters. The van der Waals surface area contributed by atoms with Crippen molar-refractivity contribution in [3.05, 3.63) is 29.0 Å². The number of pyridine rings is 1. The molecule has 4 heteroatoms. The van der Waals surface area contributed by atoms with Gasteiger partial charge < -0.3 is 5.32 Å². The van der Waals surface area contributed by atoms with Crippen molar-refractivity contribution in [2.24, 2.45) is 5.92 Å². The molecule has 0 saturated heterocycles. The van der Waals surface area contributed by atoms with E-state index in [0.29, 0.717) is 16.6 Å². The topological polar surface area (TPSA) is 42.0 Å². The van der Waals surface area contributed by atoms with Gasteiger partial charge in [0, 0.05) is 17.8 Å². The highest BCUT2D eigenvalue weighted by Gasteiger charge is 2.16. The van der Waals surface area contributed by atoms with Crippen molar-refractivity contribution in [2.75, 3.05) is 6.54 Å². The standard InChI is InChI=1S/C12H15ClN2O/c13-10-5-6-14-11(7-10)12(16)15-8-9-3-1-2-4-9/h5-7,9H,1-4,8H2,(H,15,16). The van der Waals surface area contributed by atoms with Crippen LogP contribution in [0, 0.1) is 5.92 Å². The van der Waals surface area contributed by atoms with Crippen LogP contribution in [0.15, 0.2) is 18.3 Å². The number of nitrogens with one attached hydrogen (secondary N) is 1. The third kappa shape index (κ3) is 2.95. The second-order valence-corrected chi connectivity index (χ2v) is 4.66. The van der Waals surface area contributed by atoms with Crippen molar-refractivity contribution in [2.45, 2.75) is 25.7 Å². The summed E-state index contributed by atoms with van der Waals surface area (Å²) >= 11 is 5.80. The molecule has 1 heterocycles. The number of rotatable bonds is 3. The zero-order chi connectivity index (χ0) is 11.4. The van der Waals surface area contributed by atoms with Crippen LogP contribution in [0.3, 0.4) is 0 Å². The number of hydrogen-bond acceptors (Lipinski definition) is 2. The predicted octanol–water partition coefficient (Wildman–Crippen LogP) is 2.66. The summed E-state index contributed by atoms with van der Waals surface area (Å²) in [4.78, 5) is 15.7. The number of aromatic nitrogens is 1. The van der Waals surface area contributed by atoms with Gasteiger partial charge in [-0.05, 0) is 30.9 Å². The maximum atomic E-state index is 11.7. The Morgan fingerprint density at radius 3 is 2.94 bits per heavy atom. The Labute approximate surface area is 100 Å². The number of amides is 1. The van der Waals surface area contributed by atoms with E-state index >= 15 is 0 Å². The van der Waals surface area contributed by atoms with Gasteiger partial charge in [-0.2, -0.15) is 0 Å². The number of hydrogen-bond donors (Lipinski definition) is 1. The number of carbonyl (C=O) groups is 1. The molecule has 0 bridgehead atoms. The fraction of sp³-hybridized carbons (Fsp3) is 0.500. The van der Waals surface area contributed by atoms with Gasteiger partial charge in [-0.1, -0.05) is 24.4 Å². The van der Waals surface area contributed by atoms with E-state index < -0.39 is 0 Å². The van der Waals surface area contributed by atoms with E-state index in [1.807, 2.05) is 0 Å². The van der Waals surface area contributed by atoms with Gasteiger partial charge in [0.05, 0.1) is 0 Å². The molecule has 1 aliphatic rings. The first-order valence-electron chi connectivity index (χ1n) is 5.65. The van der Waals surface area contributed by atoms with Crippen LogP contribution < -0.4 is 5.32 Å². The van der Waals surface area contributed by atoms with Crippen molar-refractivity contribution >= 4 is 17.5 Å². The molecule has 1 saturated carbocycles. The van der Waals surface area contributed by atoms with Crippen molar-refractivity contribution in [1.29, 1.82) is 0 Å². The van der Waals surface area contributed by atoms with Crippen LogP contribution in [-0.2, 0) is 0 Å². The molecule has 1 aromatic rings. The lowest BCUT2D eigenvalue weighted by Crippen LogP contribution is -2.28. The summed E-state index contributed by atoms with van der Waals surface area (Å²) in [6, 6.07) is 3.25. The molecule has 16 heavy (non-hydrogen) atoms. The average Bonchev–Trinajstić information content (AvgIpc) is 2.78. The van der Waals surface area contributed by atoms with Crippen LogP contribution in [0.2, 0.25) is 5.02 Å². The van der Waals surface area contributed by atoms with E-state index in [0.717, 1.165) is 6.54 Å². The maximum Gasteiger partial charge on any atom is 0.269 e. The molecule has 1 aliphatic carbocycles. The summed E-state index contributed by atoms with van der Waals surface area (Å²) in [5.74, 6) is 0.512. The Morgan fingerprint density at radius 1 is 1.50 bits per heavy atom. The van der Waals surface area contributed by atoms with Crippen LogP contribution in [0.4, 0.5) is 0 Å². The highest BCUT2D eigenvalue weighted by atomic mass is 35.5. The third-order valence-corrected chi connectivity index (χ3v) is 3.22. The van der Waals surface area contributed by atoms with Crippen LogP contribution >= 0.6 is 11.6 Å². The predicted molar refractivity (Wildman–Crippen MR) is 63.5 cm³/mol. The molecule has 1 fully saturated rings. The van der Waals surface area contributed by atoms with Gasteiger partial charge >= 0.3 is 0 Å². The van der Waals surface area contributed by atoms with E-state index in [4.69, 9.17) is 11.6 Å². The summed E-state index contributed by atoms with van der Waals surface area (Å²) in [6.07, 6.45) is 6.57. The summed E-state index contributed by atoms with van der Waals surface area (Å²) in [5, 5.41) is 3.45. The number of halogens is 1. The quantitative estimate of drug-likeness (QED) is 0.880. The molecule has 0 aliphatic heterocycles. The molecule has 0 spiro atoms. The van der Waals surface area contributed by atoms with Gasteiger partial charge in [0.15, 0.2) is 0 Å². The second kappa shape index (κ2) is 5.30. The zero-order valence-electron chi connectivity index (χ0n) is 9.08. The van der Waals surface area contributed by atoms with Gasteiger partial charge in [-0.3, -0.25) is 9.78 Å². The largest absolute Gasteiger partial charge is 0.350 e. The molecule has 1 N–H and O–H groups in total. The summed E-state index contributed by atoms with van der Waals surface area (Å²) in [7, 11) is 0. The second-order valence-electron chi connectivity index (χ2n) is 4.22. The lowest BCUT2D eigenvalue weighted by molar-refractivity contribution is 0.0942. The lowest BCUT2D eigenvalue weighted by Gasteiger charge is -2.10. The van der Waals surface area contributed by atoms with Crippen molar-refractivity contribution < 1.29 is 4.79 Å². The van der Waals surface area contributed by atoms with Crippen molar-refractivity contribution in [3.8, 4) is 0 Å². The smallest absolute Gasteiger partial charge is 0.269 e. The number of carbonyl (C=O) groups excluding carboxylic acids is 1. The van der Waals surface area contributed by atoms with Crippen molar-refractivity contribution in [3.63, 3.8) is 0 Å². The van der Waals surface area contributed by atoms with E-state index in [2.05, 4.69) is 10.3 Å². The Kier molecular flexibility index (Phi) is 3.78. The summed E-state index contributed by atoms with van der Waals surface area (Å²) < 4.78 is 0. The van der Waals surface area contributed by atoms with Gasteiger partial charge in [0.2, 0.25) is 0 Å². The van der Waals surface area contributed by atoms with Crippen LogP contribution in [0.1, 0.15) is 36.2 Å². The molecule has 0 radical (unpaired) electrons. The molecule has 1 aromatic heterocycles. The van der Waals surface area contributed by atoms with Crippen LogP contribution in [0.25, 0.3) is 0 Å². The molecule has 86 valence electrons. The molecule has 0 aromatic carbocycles. The van der Waals surface area contributed by atoms with Gasteiger partial charge in [-0.15, -0.1) is 0 Å². The minimum absolute atomic E-state index is 0.130. The minimum atomic E-state index is -0.130. The van der Waals surface area contributed by atoms with Gasteiger partial charge in [0.25, 0.3) is 5.91 Å². The highest BCUT2D eigenvalue weighted by Crippen LogP contribution is 2.23. The van der Waals surface area contributed by atoms with E-state index in [1.54, 1.807) is 18.3 Å². The maximum absolute atomic E-state index is 11.7. The first kappa shape index (κ1) is 11.4. The molecule has 3 nitrogen and oxygen atoms in total. The molecular formula is C12H15ClN2O. The van der Waals surface area contributed by atoms with Crippen LogP contribution in [-0.4, -0.2) is 17.4 Å². The lowest BCUT2D eigenvalue weighted by atomic mass is 10.1. The van der Waals surface area contributed by atoms with E-state index in [1.165, 1.54) is 25.7 Å². The van der Waals surface area contributed by atoms with Crippen molar-refractivity contribution in [1.82, 2.24) is 10.3 Å². The highest BCUT2D eigenvalue weighted by molar-refractivity contribution is 6.30. The first-order chi connectivity index (χ1) is 7.75. The van der Waals surface area contributed by atoms with E-state index in [-0.39, 0.29) is 5.91 Å². The summed E-state index contributed by atoms with van der Waals surface area (Å²) in [5.41, 5.74) is 0.394. The third-order valence-electron chi connectivity index (χ3n) is 2.98. The first-order valence-corrected chi connectivity index (χ1v) is 6.03. The minimum Gasteiger partial charge on any atom is -0.350 e. The molecule has 0 atom stereocenters. The Hall–Kier alpha value is -1.09. The molecule has 1 amide bonds. The Balaban J connectivity index is 1.87. The zero-order valence-corrected chi connectivity index (χ0v) is 9.83. The van der Waals surface area contributed by atoms with E-state index in [9.17, 15) is 4.79 Å². The summed E-state index contributed by atoms with van der Waals surface area (Å²) in [6.45, 7) is 0.757. The number of nitrogens with zero attached hydrogens (tertiary/aromatic N) is 1. The average molecular weight is 239 g/mol. The Morgan fingerprint density at radius 2 is 2.25 bits per heavy atom.